The molecule has 3 aromatic heterocycles. The lowest BCUT2D eigenvalue weighted by atomic mass is 10.1. The van der Waals surface area contributed by atoms with Gasteiger partial charge in [-0.2, -0.15) is 16.7 Å². The van der Waals surface area contributed by atoms with Crippen LogP contribution in [0.5, 0.6) is 0 Å². The molecule has 5 rings (SSSR count). The molecule has 0 unspecified atom stereocenters. The van der Waals surface area contributed by atoms with Gasteiger partial charge in [0.1, 0.15) is 17.3 Å². The zero-order valence-corrected chi connectivity index (χ0v) is 20.7. The van der Waals surface area contributed by atoms with Crippen LogP contribution in [0.1, 0.15) is 16.8 Å². The van der Waals surface area contributed by atoms with Crippen molar-refractivity contribution >= 4 is 35.0 Å². The van der Waals surface area contributed by atoms with Gasteiger partial charge in [-0.05, 0) is 61.4 Å². The molecule has 1 aromatic carbocycles. The van der Waals surface area contributed by atoms with Crippen LogP contribution in [0.2, 0.25) is 0 Å². The van der Waals surface area contributed by atoms with Gasteiger partial charge in [-0.25, -0.2) is 19.9 Å². The van der Waals surface area contributed by atoms with Crippen LogP contribution in [0.3, 0.4) is 0 Å². The Morgan fingerprint density at radius 3 is 2.49 bits per heavy atom. The number of aryl methyl sites for hydroxylation is 2. The van der Waals surface area contributed by atoms with Crippen LogP contribution in [0.4, 0.5) is 23.3 Å². The Morgan fingerprint density at radius 1 is 0.857 bits per heavy atom. The van der Waals surface area contributed by atoms with Crippen molar-refractivity contribution in [1.29, 1.82) is 0 Å². The molecule has 0 aliphatic carbocycles. The highest BCUT2D eigenvalue weighted by atomic mass is 32.2. The topological polar surface area (TPSA) is 91.8 Å². The standard InChI is InChI=1S/C26H28N8S/c1-18-6-7-21(16-20(18)17-34-12-14-35-15-13-34)30-26-28-11-9-24(33-26)31-23-8-10-27-25(32-23)22-5-3-4-19(2)29-22/h3-11,16H,12-15,17H2,1-2H3,(H2,27,28,30,31,32,33). The monoisotopic (exact) mass is 484 g/mol. The van der Waals surface area contributed by atoms with Gasteiger partial charge in [-0.3, -0.25) is 4.90 Å². The van der Waals surface area contributed by atoms with E-state index in [4.69, 9.17) is 0 Å². The second-order valence-electron chi connectivity index (χ2n) is 8.47. The summed E-state index contributed by atoms with van der Waals surface area (Å²) in [6, 6.07) is 15.8. The van der Waals surface area contributed by atoms with Crippen LogP contribution in [-0.2, 0) is 6.54 Å². The van der Waals surface area contributed by atoms with Gasteiger partial charge < -0.3 is 10.6 Å². The zero-order valence-electron chi connectivity index (χ0n) is 19.9. The Kier molecular flexibility index (Phi) is 7.15. The molecule has 0 saturated carbocycles. The van der Waals surface area contributed by atoms with Crippen molar-refractivity contribution in [2.45, 2.75) is 20.4 Å². The summed E-state index contributed by atoms with van der Waals surface area (Å²) in [5, 5.41) is 6.60. The van der Waals surface area contributed by atoms with E-state index in [0.717, 1.165) is 36.7 Å². The minimum atomic E-state index is 0.522. The molecule has 178 valence electrons. The molecular weight excluding hydrogens is 456 g/mol. The summed E-state index contributed by atoms with van der Waals surface area (Å²) in [5.74, 6) is 4.78. The lowest BCUT2D eigenvalue weighted by Gasteiger charge is -2.27. The first-order chi connectivity index (χ1) is 17.1. The van der Waals surface area contributed by atoms with Gasteiger partial charge in [0, 0.05) is 54.9 Å². The van der Waals surface area contributed by atoms with Gasteiger partial charge in [0.05, 0.1) is 0 Å². The van der Waals surface area contributed by atoms with Crippen molar-refractivity contribution in [2.75, 3.05) is 35.2 Å². The first kappa shape index (κ1) is 23.2. The van der Waals surface area contributed by atoms with E-state index < -0.39 is 0 Å². The van der Waals surface area contributed by atoms with Gasteiger partial charge >= 0.3 is 0 Å². The smallest absolute Gasteiger partial charge is 0.229 e. The van der Waals surface area contributed by atoms with E-state index >= 15 is 0 Å². The quantitative estimate of drug-likeness (QED) is 0.377. The van der Waals surface area contributed by atoms with E-state index in [0.29, 0.717) is 23.4 Å². The number of aromatic nitrogens is 5. The fourth-order valence-corrected chi connectivity index (χ4v) is 4.87. The molecule has 1 aliphatic rings. The third kappa shape index (κ3) is 6.12. The Bertz CT molecular complexity index is 1310. The van der Waals surface area contributed by atoms with Crippen LogP contribution >= 0.6 is 11.8 Å². The van der Waals surface area contributed by atoms with Crippen LogP contribution in [0, 0.1) is 13.8 Å². The number of benzene rings is 1. The van der Waals surface area contributed by atoms with Crippen molar-refractivity contribution in [3.05, 3.63) is 77.7 Å². The molecule has 8 nitrogen and oxygen atoms in total. The Labute approximate surface area is 209 Å². The number of rotatable bonds is 7. The van der Waals surface area contributed by atoms with Crippen molar-refractivity contribution in [2.24, 2.45) is 0 Å². The number of nitrogens with one attached hydrogen (secondary N) is 2. The van der Waals surface area contributed by atoms with Crippen LogP contribution < -0.4 is 10.6 Å². The summed E-state index contributed by atoms with van der Waals surface area (Å²) in [4.78, 5) is 25.0. The lowest BCUT2D eigenvalue weighted by molar-refractivity contribution is 0.294. The number of nitrogens with zero attached hydrogens (tertiary/aromatic N) is 6. The summed E-state index contributed by atoms with van der Waals surface area (Å²) in [7, 11) is 0. The van der Waals surface area contributed by atoms with E-state index in [1.165, 1.54) is 22.6 Å². The first-order valence-corrected chi connectivity index (χ1v) is 12.8. The van der Waals surface area contributed by atoms with E-state index in [1.54, 1.807) is 18.5 Å². The Morgan fingerprint density at radius 2 is 1.66 bits per heavy atom. The fourth-order valence-electron chi connectivity index (χ4n) is 3.89. The molecule has 4 heterocycles. The maximum absolute atomic E-state index is 4.63. The number of hydrogen-bond donors (Lipinski definition) is 2. The van der Waals surface area contributed by atoms with E-state index in [9.17, 15) is 0 Å². The van der Waals surface area contributed by atoms with Gasteiger partial charge in [0.2, 0.25) is 5.95 Å². The second kappa shape index (κ2) is 10.8. The van der Waals surface area contributed by atoms with Crippen LogP contribution in [0.25, 0.3) is 11.5 Å². The molecule has 0 radical (unpaired) electrons. The van der Waals surface area contributed by atoms with Gasteiger partial charge in [0.15, 0.2) is 5.82 Å². The normalized spacial score (nSPS) is 14.0. The molecule has 2 N–H and O–H groups in total. The summed E-state index contributed by atoms with van der Waals surface area (Å²) in [6.07, 6.45) is 3.44. The molecule has 1 fully saturated rings. The van der Waals surface area contributed by atoms with E-state index in [1.807, 2.05) is 43.0 Å². The number of anilines is 4. The summed E-state index contributed by atoms with van der Waals surface area (Å²) >= 11 is 2.03. The molecule has 1 aliphatic heterocycles. The molecule has 0 atom stereocenters. The van der Waals surface area contributed by atoms with Gasteiger partial charge in [-0.15, -0.1) is 0 Å². The molecule has 0 amide bonds. The van der Waals surface area contributed by atoms with Crippen molar-refractivity contribution < 1.29 is 0 Å². The first-order valence-electron chi connectivity index (χ1n) is 11.7. The molecule has 35 heavy (non-hydrogen) atoms. The highest BCUT2D eigenvalue weighted by Crippen LogP contribution is 2.22. The molecule has 0 bridgehead atoms. The van der Waals surface area contributed by atoms with Crippen molar-refractivity contribution in [3.8, 4) is 11.5 Å². The minimum absolute atomic E-state index is 0.522. The average molecular weight is 485 g/mol. The summed E-state index contributed by atoms with van der Waals surface area (Å²) in [5.41, 5.74) is 5.26. The van der Waals surface area contributed by atoms with Gasteiger partial charge in [-0.1, -0.05) is 12.1 Å². The van der Waals surface area contributed by atoms with E-state index in [2.05, 4.69) is 65.6 Å². The fraction of sp³-hybridized carbons (Fsp3) is 0.269. The Balaban J connectivity index is 1.29. The zero-order chi connectivity index (χ0) is 24.0. The maximum atomic E-state index is 4.63. The lowest BCUT2D eigenvalue weighted by Crippen LogP contribution is -2.32. The predicted molar refractivity (Wildman–Crippen MR) is 142 cm³/mol. The number of pyridine rings is 1. The molecule has 0 spiro atoms. The maximum Gasteiger partial charge on any atom is 0.229 e. The Hall–Kier alpha value is -3.56. The van der Waals surface area contributed by atoms with Crippen LogP contribution in [-0.4, -0.2) is 54.4 Å². The molecule has 1 saturated heterocycles. The van der Waals surface area contributed by atoms with Crippen LogP contribution in [0.15, 0.2) is 60.9 Å². The average Bonchev–Trinajstić information content (AvgIpc) is 2.87. The highest BCUT2D eigenvalue weighted by molar-refractivity contribution is 7.99. The van der Waals surface area contributed by atoms with Gasteiger partial charge in [0.25, 0.3) is 0 Å². The van der Waals surface area contributed by atoms with Crippen molar-refractivity contribution in [1.82, 2.24) is 29.8 Å². The molecule has 9 heteroatoms. The second-order valence-corrected chi connectivity index (χ2v) is 9.70. The minimum Gasteiger partial charge on any atom is -0.325 e. The highest BCUT2D eigenvalue weighted by Gasteiger charge is 2.13. The SMILES string of the molecule is Cc1cccc(-c2nccc(Nc3ccnc(Nc4ccc(C)c(CN5CCSCC5)c4)n3)n2)n1. The van der Waals surface area contributed by atoms with Crippen molar-refractivity contribution in [3.63, 3.8) is 0 Å². The third-order valence-electron chi connectivity index (χ3n) is 5.79. The third-order valence-corrected chi connectivity index (χ3v) is 6.73. The summed E-state index contributed by atoms with van der Waals surface area (Å²) < 4.78 is 0. The number of thioether (sulfide) groups is 1. The van der Waals surface area contributed by atoms with E-state index in [-0.39, 0.29) is 0 Å². The predicted octanol–water partition coefficient (Wildman–Crippen LogP) is 4.98. The molecule has 4 aromatic rings. The largest absolute Gasteiger partial charge is 0.325 e. The summed E-state index contributed by atoms with van der Waals surface area (Å²) in [6.45, 7) is 7.37. The number of hydrogen-bond acceptors (Lipinski definition) is 9. The molecular formula is C26H28N8S.